The third-order valence-electron chi connectivity index (χ3n) is 3.91. The van der Waals surface area contributed by atoms with E-state index in [4.69, 9.17) is 0 Å². The summed E-state index contributed by atoms with van der Waals surface area (Å²) >= 11 is 0. The summed E-state index contributed by atoms with van der Waals surface area (Å²) in [4.78, 5) is 14.5. The molecular weight excluding hydrogens is 250 g/mol. The molecule has 110 valence electrons. The van der Waals surface area contributed by atoms with Crippen molar-refractivity contribution in [1.82, 2.24) is 10.6 Å². The topological polar surface area (TPSA) is 44.4 Å². The molecule has 0 saturated heterocycles. The summed E-state index contributed by atoms with van der Waals surface area (Å²) in [5.41, 5.74) is 2.45. The fourth-order valence-corrected chi connectivity index (χ4v) is 2.84. The predicted octanol–water partition coefficient (Wildman–Crippen LogP) is 2.07. The number of anilines is 1. The zero-order valence-electron chi connectivity index (χ0n) is 12.8. The number of fused-ring (bicyclic) bond motifs is 1. The first-order valence-corrected chi connectivity index (χ1v) is 7.37. The summed E-state index contributed by atoms with van der Waals surface area (Å²) in [5, 5.41) is 6.35. The number of carbonyl (C=O) groups is 1. The van der Waals surface area contributed by atoms with E-state index in [1.807, 2.05) is 33.9 Å². The van der Waals surface area contributed by atoms with Gasteiger partial charge in [0.1, 0.15) is 6.04 Å². The first-order chi connectivity index (χ1) is 9.54. The number of hydrogen-bond acceptors (Lipinski definition) is 3. The zero-order valence-corrected chi connectivity index (χ0v) is 12.8. The quantitative estimate of drug-likeness (QED) is 0.884. The molecule has 2 atom stereocenters. The largest absolute Gasteiger partial charge is 0.359 e. The monoisotopic (exact) mass is 275 g/mol. The fourth-order valence-electron chi connectivity index (χ4n) is 2.84. The number of amides is 1. The van der Waals surface area contributed by atoms with Crippen LogP contribution in [0.25, 0.3) is 0 Å². The number of nitrogens with zero attached hydrogens (tertiary/aromatic N) is 1. The van der Waals surface area contributed by atoms with Crippen LogP contribution in [0.2, 0.25) is 0 Å². The van der Waals surface area contributed by atoms with Gasteiger partial charge >= 0.3 is 0 Å². The van der Waals surface area contributed by atoms with Gasteiger partial charge in [-0.15, -0.1) is 0 Å². The van der Waals surface area contributed by atoms with Crippen molar-refractivity contribution in [3.63, 3.8) is 0 Å². The molecule has 4 nitrogen and oxygen atoms in total. The van der Waals surface area contributed by atoms with Gasteiger partial charge in [-0.1, -0.05) is 18.2 Å². The molecule has 2 rings (SSSR count). The van der Waals surface area contributed by atoms with Crippen LogP contribution in [0, 0.1) is 0 Å². The van der Waals surface area contributed by atoms with Crippen molar-refractivity contribution in [2.75, 3.05) is 18.5 Å². The third kappa shape index (κ3) is 2.96. The number of para-hydroxylation sites is 1. The summed E-state index contributed by atoms with van der Waals surface area (Å²) in [5.74, 6) is 0.0951. The van der Waals surface area contributed by atoms with Crippen molar-refractivity contribution in [2.24, 2.45) is 0 Å². The first kappa shape index (κ1) is 14.9. The van der Waals surface area contributed by atoms with Crippen LogP contribution in [0.5, 0.6) is 0 Å². The van der Waals surface area contributed by atoms with Gasteiger partial charge in [0.2, 0.25) is 5.91 Å². The Labute approximate surface area is 121 Å². The minimum atomic E-state index is -0.142. The average Bonchev–Trinajstić information content (AvgIpc) is 2.44. The van der Waals surface area contributed by atoms with Gasteiger partial charge in [0.05, 0.1) is 0 Å². The van der Waals surface area contributed by atoms with Crippen LogP contribution in [-0.2, 0) is 4.79 Å². The molecule has 1 aliphatic heterocycles. The number of hydrogen-bond donors (Lipinski definition) is 2. The maximum Gasteiger partial charge on any atom is 0.242 e. The van der Waals surface area contributed by atoms with E-state index < -0.39 is 0 Å². The Morgan fingerprint density at radius 3 is 2.65 bits per heavy atom. The average molecular weight is 275 g/mol. The van der Waals surface area contributed by atoms with Crippen LogP contribution < -0.4 is 15.5 Å². The van der Waals surface area contributed by atoms with E-state index in [0.717, 1.165) is 13.0 Å². The molecule has 0 aromatic heterocycles. The molecule has 2 unspecified atom stereocenters. The van der Waals surface area contributed by atoms with Gasteiger partial charge < -0.3 is 15.5 Å². The summed E-state index contributed by atoms with van der Waals surface area (Å²) in [7, 11) is 1.99. The summed E-state index contributed by atoms with van der Waals surface area (Å²) in [6, 6.07) is 8.77. The van der Waals surface area contributed by atoms with E-state index in [1.54, 1.807) is 0 Å². The van der Waals surface area contributed by atoms with Gasteiger partial charge in [0.25, 0.3) is 0 Å². The standard InChI is InChI=1S/C16H25N3O/c1-11(2)18-16(20)12(3)19-10-9-14(17-4)13-7-5-6-8-15(13)19/h5-8,11-12,14,17H,9-10H2,1-4H3,(H,18,20). The molecule has 1 aromatic rings. The van der Waals surface area contributed by atoms with E-state index in [9.17, 15) is 4.79 Å². The van der Waals surface area contributed by atoms with Crippen molar-refractivity contribution in [3.05, 3.63) is 29.8 Å². The van der Waals surface area contributed by atoms with Gasteiger partial charge in [0.15, 0.2) is 0 Å². The van der Waals surface area contributed by atoms with Crippen molar-refractivity contribution in [3.8, 4) is 0 Å². The molecule has 0 saturated carbocycles. The Kier molecular flexibility index (Phi) is 4.65. The van der Waals surface area contributed by atoms with Gasteiger partial charge in [-0.25, -0.2) is 0 Å². The minimum Gasteiger partial charge on any atom is -0.359 e. The second kappa shape index (κ2) is 6.27. The van der Waals surface area contributed by atoms with Crippen LogP contribution in [0.1, 0.15) is 38.8 Å². The van der Waals surface area contributed by atoms with Crippen molar-refractivity contribution < 1.29 is 4.79 Å². The van der Waals surface area contributed by atoms with Gasteiger partial charge in [-0.2, -0.15) is 0 Å². The normalized spacial score (nSPS) is 19.6. The molecule has 1 heterocycles. The van der Waals surface area contributed by atoms with E-state index in [2.05, 4.69) is 33.7 Å². The predicted molar refractivity (Wildman–Crippen MR) is 82.9 cm³/mol. The smallest absolute Gasteiger partial charge is 0.242 e. The number of benzene rings is 1. The Hall–Kier alpha value is -1.55. The fraction of sp³-hybridized carbons (Fsp3) is 0.562. The zero-order chi connectivity index (χ0) is 14.7. The van der Waals surface area contributed by atoms with Gasteiger partial charge in [0, 0.05) is 24.3 Å². The SMILES string of the molecule is CNC1CCN(C(C)C(=O)NC(C)C)c2ccccc21. The number of carbonyl (C=O) groups excluding carboxylic acids is 1. The lowest BCUT2D eigenvalue weighted by molar-refractivity contribution is -0.122. The van der Waals surface area contributed by atoms with Crippen LogP contribution in [0.15, 0.2) is 24.3 Å². The summed E-state index contributed by atoms with van der Waals surface area (Å²) in [6.45, 7) is 6.86. The van der Waals surface area contributed by atoms with Crippen molar-refractivity contribution >= 4 is 11.6 Å². The second-order valence-electron chi connectivity index (χ2n) is 5.72. The molecular formula is C16H25N3O. The van der Waals surface area contributed by atoms with E-state index in [-0.39, 0.29) is 18.0 Å². The molecule has 1 aromatic carbocycles. The highest BCUT2D eigenvalue weighted by Gasteiger charge is 2.29. The van der Waals surface area contributed by atoms with Crippen LogP contribution in [0.3, 0.4) is 0 Å². The Morgan fingerprint density at radius 2 is 2.00 bits per heavy atom. The molecule has 4 heteroatoms. The van der Waals surface area contributed by atoms with Gasteiger partial charge in [-0.05, 0) is 45.9 Å². The summed E-state index contributed by atoms with van der Waals surface area (Å²) < 4.78 is 0. The number of nitrogens with one attached hydrogen (secondary N) is 2. The van der Waals surface area contributed by atoms with E-state index in [1.165, 1.54) is 11.3 Å². The molecule has 2 N–H and O–H groups in total. The number of rotatable bonds is 4. The minimum absolute atomic E-state index is 0.0951. The van der Waals surface area contributed by atoms with Crippen molar-refractivity contribution in [1.29, 1.82) is 0 Å². The van der Waals surface area contributed by atoms with E-state index >= 15 is 0 Å². The van der Waals surface area contributed by atoms with Crippen molar-refractivity contribution in [2.45, 2.75) is 45.3 Å². The Balaban J connectivity index is 2.23. The molecule has 0 fully saturated rings. The van der Waals surface area contributed by atoms with Gasteiger partial charge in [-0.3, -0.25) is 4.79 Å². The van der Waals surface area contributed by atoms with Crippen LogP contribution in [-0.4, -0.2) is 31.6 Å². The molecule has 0 radical (unpaired) electrons. The third-order valence-corrected chi connectivity index (χ3v) is 3.91. The lowest BCUT2D eigenvalue weighted by Crippen LogP contribution is -2.49. The Morgan fingerprint density at radius 1 is 1.30 bits per heavy atom. The molecule has 0 spiro atoms. The molecule has 1 aliphatic rings. The summed E-state index contributed by atoms with van der Waals surface area (Å²) in [6.07, 6.45) is 1.02. The highest BCUT2D eigenvalue weighted by Crippen LogP contribution is 2.34. The van der Waals surface area contributed by atoms with Crippen LogP contribution >= 0.6 is 0 Å². The molecule has 20 heavy (non-hydrogen) atoms. The molecule has 1 amide bonds. The highest BCUT2D eigenvalue weighted by molar-refractivity contribution is 5.85. The van der Waals surface area contributed by atoms with Crippen LogP contribution in [0.4, 0.5) is 5.69 Å². The maximum absolute atomic E-state index is 12.2. The molecule has 0 bridgehead atoms. The Bertz CT molecular complexity index is 473. The lowest BCUT2D eigenvalue weighted by Gasteiger charge is -2.39. The maximum atomic E-state index is 12.2. The lowest BCUT2D eigenvalue weighted by atomic mass is 9.95. The highest BCUT2D eigenvalue weighted by atomic mass is 16.2. The molecule has 0 aliphatic carbocycles. The first-order valence-electron chi connectivity index (χ1n) is 7.37. The van der Waals surface area contributed by atoms with E-state index in [0.29, 0.717) is 6.04 Å². The second-order valence-corrected chi connectivity index (χ2v) is 5.72.